The Kier molecular flexibility index (Phi) is 7.00. The van der Waals surface area contributed by atoms with E-state index in [-0.39, 0.29) is 18.3 Å². The standard InChI is InChI=1S/C17H23ClN2O2.ClH/c18-15-4-1-2-5-16(15)22-11-3-6-17(21)20-10-9-13-7-8-14(12-20)19-13;/h1-2,4-5,13-14,19H,3,6-12H2;1H. The maximum absolute atomic E-state index is 12.3. The number of nitrogens with one attached hydrogen (secondary N) is 1. The number of para-hydroxylation sites is 1. The van der Waals surface area contributed by atoms with Gasteiger partial charge in [0, 0.05) is 31.6 Å². The number of carbonyl (C=O) groups excluding carboxylic acids is 1. The molecular weight excluding hydrogens is 335 g/mol. The van der Waals surface area contributed by atoms with Gasteiger partial charge in [-0.15, -0.1) is 12.4 Å². The van der Waals surface area contributed by atoms with E-state index in [1.807, 2.05) is 23.1 Å². The molecule has 0 saturated carbocycles. The third-order valence-electron chi connectivity index (χ3n) is 4.51. The lowest BCUT2D eigenvalue weighted by Gasteiger charge is -2.24. The van der Waals surface area contributed by atoms with Crippen LogP contribution in [-0.2, 0) is 4.79 Å². The van der Waals surface area contributed by atoms with Gasteiger partial charge in [0.05, 0.1) is 11.6 Å². The first-order chi connectivity index (χ1) is 10.7. The predicted molar refractivity (Wildman–Crippen MR) is 94.6 cm³/mol. The molecule has 6 heteroatoms. The summed E-state index contributed by atoms with van der Waals surface area (Å²) in [6.07, 6.45) is 4.81. The van der Waals surface area contributed by atoms with E-state index in [1.165, 1.54) is 12.8 Å². The van der Waals surface area contributed by atoms with E-state index in [9.17, 15) is 4.79 Å². The van der Waals surface area contributed by atoms with Gasteiger partial charge < -0.3 is 15.0 Å². The van der Waals surface area contributed by atoms with Crippen molar-refractivity contribution in [2.75, 3.05) is 19.7 Å². The first-order valence-electron chi connectivity index (χ1n) is 8.13. The summed E-state index contributed by atoms with van der Waals surface area (Å²) < 4.78 is 5.63. The minimum Gasteiger partial charge on any atom is -0.492 e. The highest BCUT2D eigenvalue weighted by Crippen LogP contribution is 2.23. The molecule has 1 N–H and O–H groups in total. The second-order valence-corrected chi connectivity index (χ2v) is 6.56. The Balaban J connectivity index is 0.00000192. The van der Waals surface area contributed by atoms with Gasteiger partial charge >= 0.3 is 0 Å². The molecule has 3 rings (SSSR count). The van der Waals surface area contributed by atoms with Crippen LogP contribution in [0.4, 0.5) is 0 Å². The highest BCUT2D eigenvalue weighted by molar-refractivity contribution is 6.32. The van der Waals surface area contributed by atoms with Crippen LogP contribution >= 0.6 is 24.0 Å². The summed E-state index contributed by atoms with van der Waals surface area (Å²) in [6.45, 7) is 2.27. The van der Waals surface area contributed by atoms with E-state index in [4.69, 9.17) is 16.3 Å². The number of amides is 1. The quantitative estimate of drug-likeness (QED) is 0.821. The van der Waals surface area contributed by atoms with Crippen molar-refractivity contribution in [1.29, 1.82) is 0 Å². The van der Waals surface area contributed by atoms with Crippen molar-refractivity contribution in [3.05, 3.63) is 29.3 Å². The van der Waals surface area contributed by atoms with E-state index < -0.39 is 0 Å². The minimum atomic E-state index is 0. The molecule has 2 aliphatic heterocycles. The number of hydrogen-bond donors (Lipinski definition) is 1. The summed E-state index contributed by atoms with van der Waals surface area (Å²) in [5.74, 6) is 0.935. The first-order valence-corrected chi connectivity index (χ1v) is 8.51. The van der Waals surface area contributed by atoms with Crippen molar-refractivity contribution in [3.8, 4) is 5.75 Å². The highest BCUT2D eigenvalue weighted by atomic mass is 35.5. The van der Waals surface area contributed by atoms with Gasteiger partial charge in [-0.1, -0.05) is 23.7 Å². The van der Waals surface area contributed by atoms with Crippen LogP contribution in [-0.4, -0.2) is 42.6 Å². The molecule has 2 fully saturated rings. The fraction of sp³-hybridized carbons (Fsp3) is 0.588. The lowest BCUT2D eigenvalue weighted by atomic mass is 10.1. The number of carbonyl (C=O) groups is 1. The number of likely N-dealkylation sites (tertiary alicyclic amines) is 1. The Bertz CT molecular complexity index is 527. The topological polar surface area (TPSA) is 41.6 Å². The molecule has 0 spiro atoms. The number of rotatable bonds is 5. The van der Waals surface area contributed by atoms with Crippen LogP contribution < -0.4 is 10.1 Å². The fourth-order valence-electron chi connectivity index (χ4n) is 3.29. The molecule has 2 heterocycles. The Labute approximate surface area is 148 Å². The highest BCUT2D eigenvalue weighted by Gasteiger charge is 2.30. The van der Waals surface area contributed by atoms with E-state index in [0.29, 0.717) is 35.9 Å². The Morgan fingerprint density at radius 2 is 2.04 bits per heavy atom. The van der Waals surface area contributed by atoms with Crippen LogP contribution in [0.25, 0.3) is 0 Å². The maximum atomic E-state index is 12.3. The average Bonchev–Trinajstić information content (AvgIpc) is 2.84. The molecule has 2 saturated heterocycles. The predicted octanol–water partition coefficient (Wildman–Crippen LogP) is 3.27. The van der Waals surface area contributed by atoms with Crippen LogP contribution in [0, 0.1) is 0 Å². The Morgan fingerprint density at radius 1 is 1.26 bits per heavy atom. The molecule has 128 valence electrons. The van der Waals surface area contributed by atoms with Gasteiger partial charge in [-0.05, 0) is 37.8 Å². The summed E-state index contributed by atoms with van der Waals surface area (Å²) in [4.78, 5) is 14.3. The summed E-state index contributed by atoms with van der Waals surface area (Å²) in [5.41, 5.74) is 0. The van der Waals surface area contributed by atoms with E-state index in [2.05, 4.69) is 5.32 Å². The van der Waals surface area contributed by atoms with Crippen LogP contribution in [0.2, 0.25) is 5.02 Å². The fourth-order valence-corrected chi connectivity index (χ4v) is 3.49. The molecule has 23 heavy (non-hydrogen) atoms. The number of ether oxygens (including phenoxy) is 1. The van der Waals surface area contributed by atoms with Crippen molar-refractivity contribution in [2.24, 2.45) is 0 Å². The second kappa shape index (κ2) is 8.76. The number of nitrogens with zero attached hydrogens (tertiary/aromatic N) is 1. The number of fused-ring (bicyclic) bond motifs is 2. The van der Waals surface area contributed by atoms with Crippen LogP contribution in [0.5, 0.6) is 5.75 Å². The van der Waals surface area contributed by atoms with Gasteiger partial charge in [-0.2, -0.15) is 0 Å². The zero-order valence-corrected chi connectivity index (χ0v) is 14.7. The van der Waals surface area contributed by atoms with E-state index in [0.717, 1.165) is 25.9 Å². The third-order valence-corrected chi connectivity index (χ3v) is 4.82. The van der Waals surface area contributed by atoms with Gasteiger partial charge in [0.2, 0.25) is 5.91 Å². The normalized spacial score (nSPS) is 23.1. The van der Waals surface area contributed by atoms with Crippen molar-refractivity contribution in [1.82, 2.24) is 10.2 Å². The molecule has 2 unspecified atom stereocenters. The number of halogens is 2. The molecule has 1 aromatic rings. The lowest BCUT2D eigenvalue weighted by molar-refractivity contribution is -0.131. The van der Waals surface area contributed by atoms with Crippen molar-refractivity contribution < 1.29 is 9.53 Å². The lowest BCUT2D eigenvalue weighted by Crippen LogP contribution is -2.39. The smallest absolute Gasteiger partial charge is 0.222 e. The van der Waals surface area contributed by atoms with Gasteiger partial charge in [0.25, 0.3) is 0 Å². The van der Waals surface area contributed by atoms with E-state index >= 15 is 0 Å². The molecule has 4 nitrogen and oxygen atoms in total. The molecule has 2 bridgehead atoms. The SMILES string of the molecule is Cl.O=C(CCCOc1ccccc1Cl)N1CCC2CCC(C1)N2. The molecule has 2 atom stereocenters. The summed E-state index contributed by atoms with van der Waals surface area (Å²) in [7, 11) is 0. The summed E-state index contributed by atoms with van der Waals surface area (Å²) in [6, 6.07) is 8.54. The zero-order chi connectivity index (χ0) is 15.4. The minimum absolute atomic E-state index is 0. The molecule has 1 aromatic carbocycles. The van der Waals surface area contributed by atoms with Crippen molar-refractivity contribution in [3.63, 3.8) is 0 Å². The summed E-state index contributed by atoms with van der Waals surface area (Å²) in [5, 5.41) is 4.21. The number of benzene rings is 1. The third kappa shape index (κ3) is 5.00. The second-order valence-electron chi connectivity index (χ2n) is 6.15. The van der Waals surface area contributed by atoms with Gasteiger partial charge in [-0.25, -0.2) is 0 Å². The van der Waals surface area contributed by atoms with Gasteiger partial charge in [0.15, 0.2) is 0 Å². The number of hydrogen-bond acceptors (Lipinski definition) is 3. The average molecular weight is 359 g/mol. The Hall–Kier alpha value is -0.970. The molecular formula is C17H24Cl2N2O2. The molecule has 1 amide bonds. The van der Waals surface area contributed by atoms with Crippen molar-refractivity contribution >= 4 is 29.9 Å². The first kappa shape index (κ1) is 18.4. The van der Waals surface area contributed by atoms with E-state index in [1.54, 1.807) is 6.07 Å². The summed E-state index contributed by atoms with van der Waals surface area (Å²) >= 11 is 6.03. The molecule has 0 aromatic heterocycles. The zero-order valence-electron chi connectivity index (χ0n) is 13.2. The maximum Gasteiger partial charge on any atom is 0.222 e. The van der Waals surface area contributed by atoms with Gasteiger partial charge in [-0.3, -0.25) is 4.79 Å². The molecule has 0 radical (unpaired) electrons. The monoisotopic (exact) mass is 358 g/mol. The molecule has 0 aliphatic carbocycles. The molecule has 2 aliphatic rings. The Morgan fingerprint density at radius 3 is 2.87 bits per heavy atom. The van der Waals surface area contributed by atoms with Crippen molar-refractivity contribution in [2.45, 2.75) is 44.2 Å². The largest absolute Gasteiger partial charge is 0.492 e. The van der Waals surface area contributed by atoms with Gasteiger partial charge in [0.1, 0.15) is 5.75 Å². The van der Waals surface area contributed by atoms with Crippen LogP contribution in [0.15, 0.2) is 24.3 Å². The van der Waals surface area contributed by atoms with Crippen LogP contribution in [0.3, 0.4) is 0 Å². The van der Waals surface area contributed by atoms with Crippen LogP contribution in [0.1, 0.15) is 32.1 Å².